The molecule has 27 heavy (non-hydrogen) atoms. The Morgan fingerprint density at radius 1 is 1.15 bits per heavy atom. The molecule has 0 aliphatic carbocycles. The van der Waals surface area contributed by atoms with Crippen molar-refractivity contribution in [3.05, 3.63) is 51.5 Å². The molecule has 6 nitrogen and oxygen atoms in total. The lowest BCUT2D eigenvalue weighted by atomic mass is 10.2. The molecule has 11 heteroatoms. The maximum atomic E-state index is 13.7. The number of alkyl halides is 4. The Hall–Kier alpha value is -2.03. The summed E-state index contributed by atoms with van der Waals surface area (Å²) in [5.41, 5.74) is -0.486. The highest BCUT2D eigenvalue weighted by molar-refractivity contribution is 6.44. The molecule has 0 saturated heterocycles. The third-order valence-electron chi connectivity index (χ3n) is 3.26. The van der Waals surface area contributed by atoms with Crippen molar-refractivity contribution in [3.63, 3.8) is 0 Å². The van der Waals surface area contributed by atoms with Gasteiger partial charge in [-0.05, 0) is 24.3 Å². The molecular formula is C16H13Cl3F2N2O4. The minimum atomic E-state index is -4.03. The van der Waals surface area contributed by atoms with Crippen molar-refractivity contribution >= 4 is 46.2 Å². The highest BCUT2D eigenvalue weighted by Gasteiger charge is 2.42. The number of nitro benzene ring substituents is 1. The molecular weight excluding hydrogens is 429 g/mol. The number of benzene rings is 2. The summed E-state index contributed by atoms with van der Waals surface area (Å²) in [5, 5.41) is 11.8. The molecule has 0 fully saturated rings. The summed E-state index contributed by atoms with van der Waals surface area (Å²) in [6.07, 6.45) is -4.03. The van der Waals surface area contributed by atoms with Crippen molar-refractivity contribution in [3.8, 4) is 17.2 Å². The van der Waals surface area contributed by atoms with Gasteiger partial charge in [0.1, 0.15) is 5.75 Å². The van der Waals surface area contributed by atoms with Crippen LogP contribution in [0, 0.1) is 10.1 Å². The zero-order valence-electron chi connectivity index (χ0n) is 14.0. The van der Waals surface area contributed by atoms with Gasteiger partial charge in [0.2, 0.25) is 10.6 Å². The average molecular weight is 442 g/mol. The Kier molecular flexibility index (Phi) is 6.56. The average Bonchev–Trinajstić information content (AvgIpc) is 2.57. The first-order valence-corrected chi connectivity index (χ1v) is 8.54. The van der Waals surface area contributed by atoms with Crippen LogP contribution in [0.3, 0.4) is 0 Å². The van der Waals surface area contributed by atoms with Gasteiger partial charge in [-0.1, -0.05) is 34.8 Å². The molecule has 0 aromatic heterocycles. The molecule has 0 aliphatic heterocycles. The van der Waals surface area contributed by atoms with Gasteiger partial charge in [-0.15, -0.1) is 0 Å². The lowest BCUT2D eigenvalue weighted by Crippen LogP contribution is -2.32. The van der Waals surface area contributed by atoms with Crippen LogP contribution in [0.4, 0.5) is 20.2 Å². The van der Waals surface area contributed by atoms with E-state index < -0.39 is 27.3 Å². The number of rotatable bonds is 7. The van der Waals surface area contributed by atoms with Crippen LogP contribution in [-0.4, -0.2) is 30.0 Å². The number of ether oxygens (including phenoxy) is 2. The second-order valence-electron chi connectivity index (χ2n) is 5.46. The second-order valence-corrected chi connectivity index (χ2v) is 6.99. The van der Waals surface area contributed by atoms with E-state index in [1.807, 2.05) is 0 Å². The molecule has 0 N–H and O–H groups in total. The van der Waals surface area contributed by atoms with Crippen LogP contribution in [0.25, 0.3) is 0 Å². The number of hydrogen-bond donors (Lipinski definition) is 0. The minimum Gasteiger partial charge on any atom is -0.455 e. The predicted molar refractivity (Wildman–Crippen MR) is 100 cm³/mol. The zero-order chi connectivity index (χ0) is 20.4. The molecule has 146 valence electrons. The Bertz CT molecular complexity index is 833. The van der Waals surface area contributed by atoms with E-state index in [4.69, 9.17) is 39.5 Å². The summed E-state index contributed by atoms with van der Waals surface area (Å²) in [4.78, 5) is 9.75. The number of halogens is 5. The molecule has 2 rings (SSSR count). The molecule has 0 amide bonds. The smallest absolute Gasteiger partial charge is 0.429 e. The fourth-order valence-electron chi connectivity index (χ4n) is 2.01. The Labute approximate surface area is 168 Å². The van der Waals surface area contributed by atoms with E-state index in [0.717, 1.165) is 12.1 Å². The topological polar surface area (TPSA) is 64.8 Å². The molecule has 2 aromatic rings. The fraction of sp³-hybridized carbons (Fsp3) is 0.250. The number of hydrogen-bond acceptors (Lipinski definition) is 5. The molecule has 0 atom stereocenters. The maximum Gasteiger partial charge on any atom is 0.429 e. The monoisotopic (exact) mass is 440 g/mol. The molecule has 0 heterocycles. The van der Waals surface area contributed by atoms with Crippen molar-refractivity contribution in [2.45, 2.75) is 10.9 Å². The van der Waals surface area contributed by atoms with Crippen LogP contribution in [-0.2, 0) is 0 Å². The van der Waals surface area contributed by atoms with Gasteiger partial charge in [0, 0.05) is 25.2 Å². The summed E-state index contributed by atoms with van der Waals surface area (Å²) in [5.74, 6) is -0.307. The van der Waals surface area contributed by atoms with Crippen LogP contribution in [0.15, 0.2) is 36.4 Å². The van der Waals surface area contributed by atoms with E-state index in [9.17, 15) is 18.9 Å². The minimum absolute atomic E-state index is 0.0537. The van der Waals surface area contributed by atoms with Gasteiger partial charge in [0.15, 0.2) is 5.75 Å². The summed E-state index contributed by atoms with van der Waals surface area (Å²) in [6.45, 7) is 0. The fourth-order valence-corrected chi connectivity index (χ4v) is 2.23. The lowest BCUT2D eigenvalue weighted by Gasteiger charge is -2.22. The van der Waals surface area contributed by atoms with E-state index >= 15 is 0 Å². The largest absolute Gasteiger partial charge is 0.455 e. The van der Waals surface area contributed by atoms with E-state index in [2.05, 4.69) is 4.74 Å². The number of anilines is 1. The summed E-state index contributed by atoms with van der Waals surface area (Å²) >= 11 is 16.2. The van der Waals surface area contributed by atoms with E-state index in [0.29, 0.717) is 10.8 Å². The number of nitrogens with zero attached hydrogens (tertiary/aromatic N) is 2. The van der Waals surface area contributed by atoms with Gasteiger partial charge in [-0.2, -0.15) is 8.78 Å². The quantitative estimate of drug-likeness (QED) is 0.305. The first kappa shape index (κ1) is 21.3. The Morgan fingerprint density at radius 2 is 1.74 bits per heavy atom. The third kappa shape index (κ3) is 5.24. The van der Waals surface area contributed by atoms with Gasteiger partial charge in [0.25, 0.3) is 0 Å². The standard InChI is InChI=1S/C16H13Cl3F2N2O4/c1-22(2)11-7-14(27-16(20,21)15(18)19)12(23(24)25)8-13(11)26-10-5-3-9(17)4-6-10/h3-8,15H,1-2H3. The van der Waals surface area contributed by atoms with Gasteiger partial charge in [-0.3, -0.25) is 10.1 Å². The highest BCUT2D eigenvalue weighted by atomic mass is 35.5. The van der Waals surface area contributed by atoms with Crippen LogP contribution < -0.4 is 14.4 Å². The van der Waals surface area contributed by atoms with E-state index in [1.165, 1.54) is 4.90 Å². The molecule has 0 saturated carbocycles. The van der Waals surface area contributed by atoms with E-state index in [1.54, 1.807) is 38.4 Å². The molecule has 0 aliphatic rings. The van der Waals surface area contributed by atoms with Crippen LogP contribution >= 0.6 is 34.8 Å². The summed E-state index contributed by atoms with van der Waals surface area (Å²) in [7, 11) is 3.20. The third-order valence-corrected chi connectivity index (χ3v) is 4.02. The maximum absolute atomic E-state index is 13.7. The number of nitro groups is 1. The predicted octanol–water partition coefficient (Wildman–Crippen LogP) is 5.88. The van der Waals surface area contributed by atoms with Crippen molar-refractivity contribution in [2.75, 3.05) is 19.0 Å². The summed E-state index contributed by atoms with van der Waals surface area (Å²) < 4.78 is 37.5. The van der Waals surface area contributed by atoms with Gasteiger partial charge >= 0.3 is 11.8 Å². The molecule has 2 aromatic carbocycles. The van der Waals surface area contributed by atoms with Crippen LogP contribution in [0.2, 0.25) is 5.02 Å². The van der Waals surface area contributed by atoms with Gasteiger partial charge in [-0.25, -0.2) is 0 Å². The molecule has 0 bridgehead atoms. The summed E-state index contributed by atoms with van der Waals surface area (Å²) in [6, 6.07) is 8.27. The highest BCUT2D eigenvalue weighted by Crippen LogP contribution is 2.43. The molecule has 0 radical (unpaired) electrons. The Balaban J connectivity index is 2.53. The lowest BCUT2D eigenvalue weighted by molar-refractivity contribution is -0.387. The van der Waals surface area contributed by atoms with Crippen molar-refractivity contribution < 1.29 is 23.2 Å². The van der Waals surface area contributed by atoms with Crippen LogP contribution in [0.5, 0.6) is 17.2 Å². The second kappa shape index (κ2) is 8.33. The van der Waals surface area contributed by atoms with E-state index in [-0.39, 0.29) is 11.4 Å². The first-order chi connectivity index (χ1) is 12.5. The van der Waals surface area contributed by atoms with Gasteiger partial charge in [0.05, 0.1) is 16.7 Å². The SMILES string of the molecule is CN(C)c1cc(OC(F)(F)C(Cl)Cl)c([N+](=O)[O-])cc1Oc1ccc(Cl)cc1. The van der Waals surface area contributed by atoms with Crippen molar-refractivity contribution in [1.82, 2.24) is 0 Å². The molecule has 0 spiro atoms. The zero-order valence-corrected chi connectivity index (χ0v) is 16.2. The van der Waals surface area contributed by atoms with Crippen LogP contribution in [0.1, 0.15) is 0 Å². The Morgan fingerprint density at radius 3 is 2.22 bits per heavy atom. The normalized spacial score (nSPS) is 11.4. The van der Waals surface area contributed by atoms with Crippen molar-refractivity contribution in [1.29, 1.82) is 0 Å². The first-order valence-electron chi connectivity index (χ1n) is 7.29. The van der Waals surface area contributed by atoms with Gasteiger partial charge < -0.3 is 14.4 Å². The van der Waals surface area contributed by atoms with Crippen molar-refractivity contribution in [2.24, 2.45) is 0 Å². The molecule has 0 unspecified atom stereocenters.